The Bertz CT molecular complexity index is 1570. The van der Waals surface area contributed by atoms with E-state index in [2.05, 4.69) is 66.2 Å². The quantitative estimate of drug-likeness (QED) is 0.195. The summed E-state index contributed by atoms with van der Waals surface area (Å²) in [7, 11) is 1.65. The summed E-state index contributed by atoms with van der Waals surface area (Å²) in [5.41, 5.74) is 4.05. The Labute approximate surface area is 241 Å². The highest BCUT2D eigenvalue weighted by atomic mass is 79.9. The summed E-state index contributed by atoms with van der Waals surface area (Å²) >= 11 is 9.46. The van der Waals surface area contributed by atoms with Gasteiger partial charge in [0.2, 0.25) is 0 Å². The van der Waals surface area contributed by atoms with Gasteiger partial charge in [-0.15, -0.1) is 0 Å². The fourth-order valence-corrected chi connectivity index (χ4v) is 5.47. The number of hydrogen-bond donors (Lipinski definition) is 1. The molecule has 6 rings (SSSR count). The molecule has 0 unspecified atom stereocenters. The maximum absolute atomic E-state index is 6.06. The molecule has 5 aromatic rings. The van der Waals surface area contributed by atoms with E-state index in [0.29, 0.717) is 5.11 Å². The molecule has 1 saturated heterocycles. The molecule has 0 radical (unpaired) electrons. The molecule has 8 heteroatoms. The van der Waals surface area contributed by atoms with Gasteiger partial charge in [-0.05, 0) is 109 Å². The van der Waals surface area contributed by atoms with Crippen molar-refractivity contribution < 1.29 is 9.47 Å². The Morgan fingerprint density at radius 2 is 1.46 bits per heavy atom. The SMILES string of the molecule is COc1ccc(Oc2ccc(N3C(=S)N[C@H](c4ccccn4)[C@@H]3c3cccn3-c3ccc(Br)cc3)cc2)cc1. The molecule has 3 heterocycles. The molecule has 6 nitrogen and oxygen atoms in total. The van der Waals surface area contributed by atoms with E-state index in [1.54, 1.807) is 7.11 Å². The molecule has 0 bridgehead atoms. The minimum absolute atomic E-state index is 0.139. The lowest BCUT2D eigenvalue weighted by atomic mass is 10.0. The zero-order valence-electron chi connectivity index (χ0n) is 21.1. The molecule has 1 aliphatic heterocycles. The molecule has 2 atom stereocenters. The average Bonchev–Trinajstić information content (AvgIpc) is 3.59. The summed E-state index contributed by atoms with van der Waals surface area (Å²) in [5.74, 6) is 2.26. The molecular weight excluding hydrogens is 572 g/mol. The monoisotopic (exact) mass is 596 g/mol. The van der Waals surface area contributed by atoms with Crippen LogP contribution in [0.4, 0.5) is 5.69 Å². The van der Waals surface area contributed by atoms with Crippen molar-refractivity contribution in [3.8, 4) is 22.9 Å². The van der Waals surface area contributed by atoms with E-state index in [-0.39, 0.29) is 12.1 Å². The second-order valence-electron chi connectivity index (χ2n) is 9.05. The number of halogens is 1. The van der Waals surface area contributed by atoms with E-state index in [0.717, 1.165) is 44.5 Å². The van der Waals surface area contributed by atoms with Crippen LogP contribution in [0, 0.1) is 0 Å². The molecule has 194 valence electrons. The first kappa shape index (κ1) is 25.2. The van der Waals surface area contributed by atoms with Gasteiger partial charge in [-0.1, -0.05) is 22.0 Å². The van der Waals surface area contributed by atoms with Gasteiger partial charge >= 0.3 is 0 Å². The van der Waals surface area contributed by atoms with Gasteiger partial charge in [-0.3, -0.25) is 4.98 Å². The molecule has 39 heavy (non-hydrogen) atoms. The number of thiocarbonyl (C=S) groups is 1. The van der Waals surface area contributed by atoms with Crippen LogP contribution in [0.1, 0.15) is 23.5 Å². The number of nitrogens with one attached hydrogen (secondary N) is 1. The standard InChI is InChI=1S/C31H25BrN4O2S/c1-37-24-15-17-26(18-16-24)38-25-13-11-23(12-14-25)36-30(29(34-31(36)39)27-5-2-3-19-33-27)28-6-4-20-35(28)22-9-7-21(32)8-10-22/h2-20,29-30H,1H3,(H,34,39)/t29-,30+/m1/s1. The van der Waals surface area contributed by atoms with Gasteiger partial charge in [0.1, 0.15) is 23.3 Å². The van der Waals surface area contributed by atoms with Crippen molar-refractivity contribution in [3.63, 3.8) is 0 Å². The Kier molecular flexibility index (Phi) is 7.04. The zero-order valence-corrected chi connectivity index (χ0v) is 23.5. The topological polar surface area (TPSA) is 51.6 Å². The fourth-order valence-electron chi connectivity index (χ4n) is 4.86. The molecule has 3 aromatic carbocycles. The van der Waals surface area contributed by atoms with Gasteiger partial charge in [0.25, 0.3) is 0 Å². The van der Waals surface area contributed by atoms with Crippen LogP contribution in [0.15, 0.2) is 120 Å². The largest absolute Gasteiger partial charge is 0.497 e. The maximum atomic E-state index is 6.06. The van der Waals surface area contributed by atoms with E-state index in [4.69, 9.17) is 21.7 Å². The van der Waals surface area contributed by atoms with Gasteiger partial charge in [0.15, 0.2) is 5.11 Å². The lowest BCUT2D eigenvalue weighted by Gasteiger charge is -2.29. The first-order valence-corrected chi connectivity index (χ1v) is 13.7. The second kappa shape index (κ2) is 10.9. The summed E-state index contributed by atoms with van der Waals surface area (Å²) in [4.78, 5) is 6.84. The lowest BCUT2D eigenvalue weighted by molar-refractivity contribution is 0.413. The zero-order chi connectivity index (χ0) is 26.8. The number of hydrogen-bond acceptors (Lipinski definition) is 4. The Morgan fingerprint density at radius 1 is 0.795 bits per heavy atom. The van der Waals surface area contributed by atoms with E-state index >= 15 is 0 Å². The predicted molar refractivity (Wildman–Crippen MR) is 161 cm³/mol. The highest BCUT2D eigenvalue weighted by Gasteiger charge is 2.42. The summed E-state index contributed by atoms with van der Waals surface area (Å²) in [6.07, 6.45) is 3.90. The van der Waals surface area contributed by atoms with Crippen LogP contribution in [-0.4, -0.2) is 21.8 Å². The van der Waals surface area contributed by atoms with Gasteiger partial charge in [0.05, 0.1) is 18.8 Å². The van der Waals surface area contributed by atoms with E-state index < -0.39 is 0 Å². The molecule has 0 aliphatic carbocycles. The number of aromatic nitrogens is 2. The van der Waals surface area contributed by atoms with Crippen LogP contribution in [0.3, 0.4) is 0 Å². The average molecular weight is 598 g/mol. The molecule has 1 N–H and O–H groups in total. The molecule has 0 saturated carbocycles. The van der Waals surface area contributed by atoms with Gasteiger partial charge < -0.3 is 24.3 Å². The van der Waals surface area contributed by atoms with Crippen molar-refractivity contribution in [2.24, 2.45) is 0 Å². The van der Waals surface area contributed by atoms with Gasteiger partial charge in [-0.25, -0.2) is 0 Å². The lowest BCUT2D eigenvalue weighted by Crippen LogP contribution is -2.30. The second-order valence-corrected chi connectivity index (χ2v) is 10.3. The molecule has 0 spiro atoms. The third-order valence-corrected chi connectivity index (χ3v) is 7.54. The van der Waals surface area contributed by atoms with Gasteiger partial charge in [-0.2, -0.15) is 0 Å². The van der Waals surface area contributed by atoms with Crippen molar-refractivity contribution in [2.75, 3.05) is 12.0 Å². The number of pyridine rings is 1. The summed E-state index contributed by atoms with van der Waals surface area (Å²) in [5, 5.41) is 4.18. The highest BCUT2D eigenvalue weighted by molar-refractivity contribution is 9.10. The molecule has 1 aliphatic rings. The minimum atomic E-state index is -0.141. The third-order valence-electron chi connectivity index (χ3n) is 6.70. The van der Waals surface area contributed by atoms with E-state index in [1.807, 2.05) is 85.1 Å². The van der Waals surface area contributed by atoms with Crippen molar-refractivity contribution in [1.29, 1.82) is 0 Å². The van der Waals surface area contributed by atoms with Crippen molar-refractivity contribution in [1.82, 2.24) is 14.9 Å². The van der Waals surface area contributed by atoms with Crippen LogP contribution in [0.25, 0.3) is 5.69 Å². The molecular formula is C31H25BrN4O2S. The Hall–Kier alpha value is -4.14. The van der Waals surface area contributed by atoms with Crippen molar-refractivity contribution >= 4 is 38.9 Å². The fraction of sp³-hybridized carbons (Fsp3) is 0.0968. The number of benzene rings is 3. The van der Waals surface area contributed by atoms with E-state index in [1.165, 1.54) is 0 Å². The third kappa shape index (κ3) is 5.13. The number of rotatable bonds is 7. The van der Waals surface area contributed by atoms with Crippen molar-refractivity contribution in [3.05, 3.63) is 131 Å². The van der Waals surface area contributed by atoms with Crippen LogP contribution >= 0.6 is 28.1 Å². The normalized spacial score (nSPS) is 16.7. The predicted octanol–water partition coefficient (Wildman–Crippen LogP) is 7.61. The summed E-state index contributed by atoms with van der Waals surface area (Å²) in [6, 6.07) is 33.7. The number of methoxy groups -OCH3 is 1. The minimum Gasteiger partial charge on any atom is -0.497 e. The van der Waals surface area contributed by atoms with Crippen LogP contribution < -0.4 is 19.7 Å². The first-order chi connectivity index (χ1) is 19.1. The maximum Gasteiger partial charge on any atom is 0.174 e. The summed E-state index contributed by atoms with van der Waals surface area (Å²) in [6.45, 7) is 0. The number of anilines is 1. The number of ether oxygens (including phenoxy) is 2. The van der Waals surface area contributed by atoms with Crippen LogP contribution in [-0.2, 0) is 0 Å². The van der Waals surface area contributed by atoms with Gasteiger partial charge in [0, 0.05) is 33.9 Å². The van der Waals surface area contributed by atoms with Crippen LogP contribution in [0.5, 0.6) is 17.2 Å². The highest BCUT2D eigenvalue weighted by Crippen LogP contribution is 2.42. The summed E-state index contributed by atoms with van der Waals surface area (Å²) < 4.78 is 14.5. The van der Waals surface area contributed by atoms with E-state index in [9.17, 15) is 0 Å². The Morgan fingerprint density at radius 3 is 2.13 bits per heavy atom. The molecule has 0 amide bonds. The molecule has 2 aromatic heterocycles. The Balaban J connectivity index is 1.36. The van der Waals surface area contributed by atoms with Crippen LogP contribution in [0.2, 0.25) is 0 Å². The number of nitrogens with zero attached hydrogens (tertiary/aromatic N) is 3. The smallest absolute Gasteiger partial charge is 0.174 e. The molecule has 1 fully saturated rings. The van der Waals surface area contributed by atoms with Crippen molar-refractivity contribution in [2.45, 2.75) is 12.1 Å². The first-order valence-electron chi connectivity index (χ1n) is 12.5.